The number of halogens is 3. The average molecular weight is 381 g/mol. The van der Waals surface area contributed by atoms with Crippen molar-refractivity contribution in [2.45, 2.75) is 11.8 Å². The Kier molecular flexibility index (Phi) is 4.11. The van der Waals surface area contributed by atoms with Gasteiger partial charge in [-0.2, -0.15) is 0 Å². The number of aryl methyl sites for hydroxylation is 1. The van der Waals surface area contributed by atoms with Crippen LogP contribution in [0, 0.1) is 6.92 Å². The zero-order valence-electron chi connectivity index (χ0n) is 8.51. The van der Waals surface area contributed by atoms with E-state index >= 15 is 0 Å². The van der Waals surface area contributed by atoms with Crippen LogP contribution in [0.1, 0.15) is 20.8 Å². The molecule has 16 heavy (non-hydrogen) atoms. The van der Waals surface area contributed by atoms with Gasteiger partial charge in [-0.25, -0.2) is 0 Å². The van der Waals surface area contributed by atoms with Gasteiger partial charge in [0.2, 0.25) is 0 Å². The lowest BCUT2D eigenvalue weighted by Crippen LogP contribution is -1.93. The maximum absolute atomic E-state index is 5.95. The van der Waals surface area contributed by atoms with E-state index < -0.39 is 0 Å². The van der Waals surface area contributed by atoms with Crippen molar-refractivity contribution in [1.82, 2.24) is 0 Å². The van der Waals surface area contributed by atoms with Crippen LogP contribution in [-0.4, -0.2) is 0 Å². The van der Waals surface area contributed by atoms with Gasteiger partial charge in [-0.05, 0) is 58.2 Å². The SMILES string of the molecule is Cc1cc(Cl)ccc1C(Br)c1ccc(Br)s1. The molecule has 0 aliphatic heterocycles. The Labute approximate surface area is 121 Å². The van der Waals surface area contributed by atoms with Gasteiger partial charge in [0, 0.05) is 9.90 Å². The Morgan fingerprint density at radius 1 is 1.25 bits per heavy atom. The molecule has 1 aromatic heterocycles. The second-order valence-electron chi connectivity index (χ2n) is 3.51. The molecule has 84 valence electrons. The molecular formula is C12H9Br2ClS. The quantitative estimate of drug-likeness (QED) is 0.564. The van der Waals surface area contributed by atoms with Gasteiger partial charge in [0.15, 0.2) is 0 Å². The highest BCUT2D eigenvalue weighted by molar-refractivity contribution is 9.11. The summed E-state index contributed by atoms with van der Waals surface area (Å²) in [5.74, 6) is 0. The van der Waals surface area contributed by atoms with Gasteiger partial charge < -0.3 is 0 Å². The molecule has 2 aromatic rings. The second kappa shape index (κ2) is 5.21. The van der Waals surface area contributed by atoms with Crippen molar-refractivity contribution in [3.05, 3.63) is 55.1 Å². The van der Waals surface area contributed by atoms with Crippen molar-refractivity contribution in [2.75, 3.05) is 0 Å². The van der Waals surface area contributed by atoms with Crippen LogP contribution in [0.25, 0.3) is 0 Å². The minimum absolute atomic E-state index is 0.237. The molecule has 0 saturated heterocycles. The summed E-state index contributed by atoms with van der Waals surface area (Å²) in [7, 11) is 0. The summed E-state index contributed by atoms with van der Waals surface area (Å²) < 4.78 is 1.15. The molecule has 2 rings (SSSR count). The van der Waals surface area contributed by atoms with Gasteiger partial charge in [0.25, 0.3) is 0 Å². The summed E-state index contributed by atoms with van der Waals surface area (Å²) >= 11 is 14.9. The van der Waals surface area contributed by atoms with Crippen LogP contribution in [0.2, 0.25) is 5.02 Å². The van der Waals surface area contributed by atoms with Crippen LogP contribution in [0.5, 0.6) is 0 Å². The normalized spacial score (nSPS) is 12.8. The van der Waals surface area contributed by atoms with E-state index in [1.54, 1.807) is 11.3 Å². The van der Waals surface area contributed by atoms with E-state index in [0.29, 0.717) is 0 Å². The van der Waals surface area contributed by atoms with Crippen LogP contribution in [0.4, 0.5) is 0 Å². The number of hydrogen-bond acceptors (Lipinski definition) is 1. The molecule has 1 heterocycles. The molecule has 0 aliphatic carbocycles. The fraction of sp³-hybridized carbons (Fsp3) is 0.167. The van der Waals surface area contributed by atoms with Crippen molar-refractivity contribution < 1.29 is 0 Å². The lowest BCUT2D eigenvalue weighted by atomic mass is 10.1. The van der Waals surface area contributed by atoms with Gasteiger partial charge in [-0.3, -0.25) is 0 Å². The number of rotatable bonds is 2. The number of alkyl halides is 1. The van der Waals surface area contributed by atoms with E-state index in [9.17, 15) is 0 Å². The molecule has 0 saturated carbocycles. The first-order chi connectivity index (χ1) is 7.58. The van der Waals surface area contributed by atoms with E-state index in [1.165, 1.54) is 16.0 Å². The molecule has 1 unspecified atom stereocenters. The maximum Gasteiger partial charge on any atom is 0.0741 e. The molecule has 0 spiro atoms. The van der Waals surface area contributed by atoms with Gasteiger partial charge in [0.05, 0.1) is 8.61 Å². The molecule has 0 bridgehead atoms. The first-order valence-electron chi connectivity index (χ1n) is 4.73. The first kappa shape index (κ1) is 12.6. The van der Waals surface area contributed by atoms with E-state index in [2.05, 4.69) is 57.0 Å². The Hall–Kier alpha value is 0.170. The Morgan fingerprint density at radius 3 is 2.56 bits per heavy atom. The number of benzene rings is 1. The van der Waals surface area contributed by atoms with E-state index in [0.717, 1.165) is 8.81 Å². The van der Waals surface area contributed by atoms with Gasteiger partial charge in [0.1, 0.15) is 0 Å². The third-order valence-electron chi connectivity index (χ3n) is 2.35. The summed E-state index contributed by atoms with van der Waals surface area (Å²) in [4.78, 5) is 1.53. The molecule has 0 fully saturated rings. The van der Waals surface area contributed by atoms with Crippen molar-refractivity contribution >= 4 is 54.8 Å². The molecule has 0 nitrogen and oxygen atoms in total. The summed E-state index contributed by atoms with van der Waals surface area (Å²) in [5.41, 5.74) is 2.47. The highest BCUT2D eigenvalue weighted by atomic mass is 79.9. The maximum atomic E-state index is 5.95. The Balaban J connectivity index is 2.37. The third-order valence-corrected chi connectivity index (χ3v) is 5.56. The molecule has 0 aliphatic rings. The molecule has 0 radical (unpaired) electrons. The minimum atomic E-state index is 0.237. The minimum Gasteiger partial charge on any atom is -0.132 e. The largest absolute Gasteiger partial charge is 0.132 e. The number of hydrogen-bond donors (Lipinski definition) is 0. The molecule has 1 atom stereocenters. The fourth-order valence-corrected chi connectivity index (χ4v) is 4.14. The third kappa shape index (κ3) is 2.70. The first-order valence-corrected chi connectivity index (χ1v) is 7.63. The van der Waals surface area contributed by atoms with Crippen molar-refractivity contribution in [3.63, 3.8) is 0 Å². The summed E-state index contributed by atoms with van der Waals surface area (Å²) in [5, 5.41) is 0.785. The van der Waals surface area contributed by atoms with Gasteiger partial charge in [-0.1, -0.05) is 33.6 Å². The van der Waals surface area contributed by atoms with E-state index in [-0.39, 0.29) is 4.83 Å². The van der Waals surface area contributed by atoms with Gasteiger partial charge in [-0.15, -0.1) is 11.3 Å². The van der Waals surface area contributed by atoms with Gasteiger partial charge >= 0.3 is 0 Å². The van der Waals surface area contributed by atoms with Crippen LogP contribution in [-0.2, 0) is 0 Å². The van der Waals surface area contributed by atoms with Crippen LogP contribution < -0.4 is 0 Å². The molecule has 4 heteroatoms. The highest BCUT2D eigenvalue weighted by Gasteiger charge is 2.14. The smallest absolute Gasteiger partial charge is 0.0741 e. The topological polar surface area (TPSA) is 0 Å². The second-order valence-corrected chi connectivity index (χ2v) is 7.35. The van der Waals surface area contributed by atoms with E-state index in [4.69, 9.17) is 11.6 Å². The van der Waals surface area contributed by atoms with Crippen LogP contribution >= 0.6 is 54.8 Å². The lowest BCUT2D eigenvalue weighted by molar-refractivity contribution is 1.18. The lowest BCUT2D eigenvalue weighted by Gasteiger charge is -2.11. The Morgan fingerprint density at radius 2 is 2.00 bits per heavy atom. The van der Waals surface area contributed by atoms with Crippen LogP contribution in [0.3, 0.4) is 0 Å². The zero-order valence-corrected chi connectivity index (χ0v) is 13.3. The number of thiophene rings is 1. The molecule has 1 aromatic carbocycles. The summed E-state index contributed by atoms with van der Waals surface area (Å²) in [6.45, 7) is 2.08. The standard InChI is InChI=1S/C12H9Br2ClS/c1-7-6-8(15)2-3-9(7)12(14)10-4-5-11(13)16-10/h2-6,12H,1H3. The van der Waals surface area contributed by atoms with Crippen molar-refractivity contribution in [3.8, 4) is 0 Å². The zero-order chi connectivity index (χ0) is 11.7. The Bertz CT molecular complexity index is 507. The van der Waals surface area contributed by atoms with Crippen molar-refractivity contribution in [2.24, 2.45) is 0 Å². The summed E-state index contributed by atoms with van der Waals surface area (Å²) in [6.07, 6.45) is 0. The molecule has 0 N–H and O–H groups in total. The monoisotopic (exact) mass is 378 g/mol. The summed E-state index contributed by atoms with van der Waals surface area (Å²) in [6, 6.07) is 10.2. The van der Waals surface area contributed by atoms with Crippen LogP contribution in [0.15, 0.2) is 34.1 Å². The molecule has 0 amide bonds. The fourth-order valence-electron chi connectivity index (χ4n) is 1.54. The highest BCUT2D eigenvalue weighted by Crippen LogP contribution is 2.38. The molecular weight excluding hydrogens is 371 g/mol. The predicted molar refractivity (Wildman–Crippen MR) is 79.0 cm³/mol. The predicted octanol–water partition coefficient (Wildman–Crippen LogP) is 5.96. The average Bonchev–Trinajstić information content (AvgIpc) is 2.64. The van der Waals surface area contributed by atoms with E-state index in [1.807, 2.05) is 12.1 Å². The van der Waals surface area contributed by atoms with Crippen molar-refractivity contribution in [1.29, 1.82) is 0 Å².